The first-order valence-corrected chi connectivity index (χ1v) is 10.9. The number of anilines is 1. The van der Waals surface area contributed by atoms with E-state index in [-0.39, 0.29) is 0 Å². The van der Waals surface area contributed by atoms with Gasteiger partial charge in [-0.05, 0) is 41.8 Å². The van der Waals surface area contributed by atoms with Crippen molar-refractivity contribution in [3.8, 4) is 0 Å². The number of nitrogens with one attached hydrogen (secondary N) is 1. The van der Waals surface area contributed by atoms with Crippen LogP contribution in [0.4, 0.5) is 18.9 Å². The molecule has 2 nitrogen and oxygen atoms in total. The highest BCUT2D eigenvalue weighted by Crippen LogP contribution is 2.37. The lowest BCUT2D eigenvalue weighted by Crippen LogP contribution is -2.32. The molecule has 1 N–H and O–H groups in total. The molecule has 0 saturated carbocycles. The highest BCUT2D eigenvalue weighted by atomic mass is 35.5. The van der Waals surface area contributed by atoms with Gasteiger partial charge in [0.2, 0.25) is 0 Å². The summed E-state index contributed by atoms with van der Waals surface area (Å²) in [7, 11) is 0. The molecule has 146 valence electrons. The zero-order chi connectivity index (χ0) is 19.4. The van der Waals surface area contributed by atoms with Gasteiger partial charge in [-0.3, -0.25) is 4.90 Å². The largest absolute Gasteiger partial charge is 0.416 e. The number of hydrogen-bond acceptors (Lipinski definition) is 4. The summed E-state index contributed by atoms with van der Waals surface area (Å²) in [6, 6.07) is 9.01. The van der Waals surface area contributed by atoms with Gasteiger partial charge in [-0.1, -0.05) is 35.3 Å². The first-order chi connectivity index (χ1) is 12.8. The standard InChI is InChI=1S/C18H17Cl2F3N2S2/c19-14-2-1-3-16(17(14)20)27-24-15-10-13(18(21,22)23)5-4-12(15)11-25-6-8-26-9-7-25/h1-5,10,24H,6-9,11H2. The molecule has 1 heterocycles. The normalized spacial score (nSPS) is 15.7. The molecule has 2 aromatic carbocycles. The number of thioether (sulfide) groups is 1. The van der Waals surface area contributed by atoms with Crippen molar-refractivity contribution in [3.63, 3.8) is 0 Å². The van der Waals surface area contributed by atoms with Gasteiger partial charge >= 0.3 is 6.18 Å². The Morgan fingerprint density at radius 2 is 1.85 bits per heavy atom. The van der Waals surface area contributed by atoms with E-state index in [2.05, 4.69) is 9.62 Å². The molecule has 0 aliphatic carbocycles. The van der Waals surface area contributed by atoms with Crippen LogP contribution < -0.4 is 4.72 Å². The Balaban J connectivity index is 1.83. The molecule has 0 aromatic heterocycles. The Morgan fingerprint density at radius 3 is 2.56 bits per heavy atom. The van der Waals surface area contributed by atoms with Gasteiger partial charge in [-0.25, -0.2) is 0 Å². The van der Waals surface area contributed by atoms with Gasteiger partial charge in [0.15, 0.2) is 0 Å². The molecular weight excluding hydrogens is 436 g/mol. The quantitative estimate of drug-likeness (QED) is 0.508. The van der Waals surface area contributed by atoms with E-state index in [0.717, 1.165) is 54.2 Å². The first-order valence-electron chi connectivity index (χ1n) is 8.21. The van der Waals surface area contributed by atoms with Crippen molar-refractivity contribution in [3.05, 3.63) is 57.6 Å². The predicted octanol–water partition coefficient (Wildman–Crippen LogP) is 6.68. The van der Waals surface area contributed by atoms with E-state index in [4.69, 9.17) is 23.2 Å². The molecular formula is C18H17Cl2F3N2S2. The second-order valence-corrected chi connectivity index (χ2v) is 8.87. The molecule has 1 saturated heterocycles. The number of hydrogen-bond donors (Lipinski definition) is 1. The number of halogens is 5. The molecule has 3 rings (SSSR count). The lowest BCUT2D eigenvalue weighted by Gasteiger charge is -2.27. The Kier molecular flexibility index (Phi) is 7.14. The number of alkyl halides is 3. The Morgan fingerprint density at radius 1 is 1.11 bits per heavy atom. The Bertz CT molecular complexity index is 797. The van der Waals surface area contributed by atoms with Gasteiger partial charge in [0.1, 0.15) is 0 Å². The van der Waals surface area contributed by atoms with Crippen LogP contribution in [-0.2, 0) is 12.7 Å². The second-order valence-electron chi connectivity index (χ2n) is 6.01. The average molecular weight is 453 g/mol. The third-order valence-corrected chi connectivity index (χ3v) is 6.88. The van der Waals surface area contributed by atoms with Gasteiger partial charge in [-0.2, -0.15) is 24.9 Å². The van der Waals surface area contributed by atoms with Crippen LogP contribution >= 0.6 is 46.9 Å². The predicted molar refractivity (Wildman–Crippen MR) is 110 cm³/mol. The fourth-order valence-corrected chi connectivity index (χ4v) is 4.87. The molecule has 1 fully saturated rings. The van der Waals surface area contributed by atoms with E-state index in [1.165, 1.54) is 0 Å². The summed E-state index contributed by atoms with van der Waals surface area (Å²) < 4.78 is 42.5. The van der Waals surface area contributed by atoms with Crippen LogP contribution in [0.3, 0.4) is 0 Å². The van der Waals surface area contributed by atoms with Crippen LogP contribution in [0.1, 0.15) is 11.1 Å². The average Bonchev–Trinajstić information content (AvgIpc) is 2.64. The minimum absolute atomic E-state index is 0.373. The Hall–Kier alpha value is -0.730. The molecule has 27 heavy (non-hydrogen) atoms. The van der Waals surface area contributed by atoms with E-state index in [1.807, 2.05) is 11.8 Å². The number of nitrogens with zero attached hydrogens (tertiary/aromatic N) is 1. The third-order valence-electron chi connectivity index (χ3n) is 4.12. The summed E-state index contributed by atoms with van der Waals surface area (Å²) in [6.45, 7) is 2.46. The monoisotopic (exact) mass is 452 g/mol. The number of benzene rings is 2. The summed E-state index contributed by atoms with van der Waals surface area (Å²) in [5.41, 5.74) is 0.574. The molecule has 0 bridgehead atoms. The zero-order valence-electron chi connectivity index (χ0n) is 14.2. The molecule has 0 atom stereocenters. The highest BCUT2D eigenvalue weighted by molar-refractivity contribution is 8.00. The molecule has 0 unspecified atom stereocenters. The van der Waals surface area contributed by atoms with E-state index in [0.29, 0.717) is 27.2 Å². The zero-order valence-corrected chi connectivity index (χ0v) is 17.3. The van der Waals surface area contributed by atoms with Crippen molar-refractivity contribution >= 4 is 52.6 Å². The number of rotatable bonds is 5. The minimum atomic E-state index is -4.39. The summed E-state index contributed by atoms with van der Waals surface area (Å²) in [5.74, 6) is 2.08. The van der Waals surface area contributed by atoms with Crippen LogP contribution in [-0.4, -0.2) is 29.5 Å². The van der Waals surface area contributed by atoms with E-state index < -0.39 is 11.7 Å². The van der Waals surface area contributed by atoms with Crippen molar-refractivity contribution in [2.24, 2.45) is 0 Å². The summed E-state index contributed by atoms with van der Waals surface area (Å²) in [6.07, 6.45) is -4.39. The molecule has 1 aliphatic rings. The van der Waals surface area contributed by atoms with Crippen LogP contribution in [0.25, 0.3) is 0 Å². The molecule has 1 aliphatic heterocycles. The lowest BCUT2D eigenvalue weighted by atomic mass is 10.1. The van der Waals surface area contributed by atoms with Crippen LogP contribution in [0.15, 0.2) is 41.3 Å². The fourth-order valence-electron chi connectivity index (χ4n) is 2.66. The SMILES string of the molecule is FC(F)(F)c1ccc(CN2CCSCC2)c(NSc2cccc(Cl)c2Cl)c1. The van der Waals surface area contributed by atoms with Gasteiger partial charge in [-0.15, -0.1) is 0 Å². The van der Waals surface area contributed by atoms with Gasteiger partial charge in [0.25, 0.3) is 0 Å². The summed E-state index contributed by atoms with van der Waals surface area (Å²) >= 11 is 15.2. The maximum absolute atomic E-state index is 13.2. The van der Waals surface area contributed by atoms with Gasteiger partial charge in [0, 0.05) is 41.7 Å². The topological polar surface area (TPSA) is 15.3 Å². The smallest absolute Gasteiger partial charge is 0.325 e. The highest BCUT2D eigenvalue weighted by Gasteiger charge is 2.31. The van der Waals surface area contributed by atoms with Crippen molar-refractivity contribution in [2.75, 3.05) is 29.3 Å². The van der Waals surface area contributed by atoms with Crippen molar-refractivity contribution in [1.82, 2.24) is 4.90 Å². The van der Waals surface area contributed by atoms with Crippen LogP contribution in [0.5, 0.6) is 0 Å². The van der Waals surface area contributed by atoms with Crippen molar-refractivity contribution in [1.29, 1.82) is 0 Å². The minimum Gasteiger partial charge on any atom is -0.325 e. The van der Waals surface area contributed by atoms with Gasteiger partial charge in [0.05, 0.1) is 15.6 Å². The first kappa shape index (κ1) is 21.0. The van der Waals surface area contributed by atoms with E-state index in [9.17, 15) is 13.2 Å². The molecule has 0 radical (unpaired) electrons. The molecule has 9 heteroatoms. The summed E-state index contributed by atoms with van der Waals surface area (Å²) in [5, 5.41) is 0.775. The fraction of sp³-hybridized carbons (Fsp3) is 0.333. The third kappa shape index (κ3) is 5.64. The van der Waals surface area contributed by atoms with Crippen molar-refractivity contribution in [2.45, 2.75) is 17.6 Å². The van der Waals surface area contributed by atoms with E-state index >= 15 is 0 Å². The molecule has 0 amide bonds. The van der Waals surface area contributed by atoms with E-state index in [1.54, 1.807) is 24.3 Å². The lowest BCUT2D eigenvalue weighted by molar-refractivity contribution is -0.137. The second kappa shape index (κ2) is 9.18. The van der Waals surface area contributed by atoms with Crippen LogP contribution in [0.2, 0.25) is 10.0 Å². The molecule has 2 aromatic rings. The maximum Gasteiger partial charge on any atom is 0.416 e. The Labute approximate surface area is 174 Å². The van der Waals surface area contributed by atoms with Gasteiger partial charge < -0.3 is 4.72 Å². The maximum atomic E-state index is 13.2. The van der Waals surface area contributed by atoms with Crippen LogP contribution in [0, 0.1) is 0 Å². The molecule has 0 spiro atoms. The summed E-state index contributed by atoms with van der Waals surface area (Å²) in [4.78, 5) is 2.91. The van der Waals surface area contributed by atoms with Crippen molar-refractivity contribution < 1.29 is 13.2 Å².